The van der Waals surface area contributed by atoms with Crippen LogP contribution in [0.25, 0.3) is 10.8 Å². The smallest absolute Gasteiger partial charge is 0.273 e. The third kappa shape index (κ3) is 2.78. The maximum absolute atomic E-state index is 12.9. The standard InChI is InChI=1S/C18H24N2O3S/c1-6-22-14-10-13(18(14,3)4)20(5)17(21)15-11(2)24-16(19-15)12-8-7-9-23-12/h7-9,13-14H,6,10H2,1-5H3/t13-,14+/m1/s1. The molecule has 0 aromatic carbocycles. The number of hydrogen-bond donors (Lipinski definition) is 0. The normalized spacial score (nSPS) is 22.2. The van der Waals surface area contributed by atoms with Crippen molar-refractivity contribution in [3.63, 3.8) is 0 Å². The predicted molar refractivity (Wildman–Crippen MR) is 94.2 cm³/mol. The summed E-state index contributed by atoms with van der Waals surface area (Å²) < 4.78 is 11.2. The monoisotopic (exact) mass is 348 g/mol. The van der Waals surface area contributed by atoms with Gasteiger partial charge in [0.1, 0.15) is 5.69 Å². The van der Waals surface area contributed by atoms with Crippen molar-refractivity contribution in [2.45, 2.75) is 46.3 Å². The van der Waals surface area contributed by atoms with Gasteiger partial charge in [-0.1, -0.05) is 13.8 Å². The maximum atomic E-state index is 12.9. The molecule has 130 valence electrons. The Morgan fingerprint density at radius 3 is 2.88 bits per heavy atom. The zero-order valence-electron chi connectivity index (χ0n) is 14.8. The van der Waals surface area contributed by atoms with E-state index >= 15 is 0 Å². The number of thiazole rings is 1. The van der Waals surface area contributed by atoms with E-state index in [4.69, 9.17) is 9.15 Å². The quantitative estimate of drug-likeness (QED) is 0.820. The summed E-state index contributed by atoms with van der Waals surface area (Å²) in [4.78, 5) is 20.2. The molecule has 1 saturated carbocycles. The van der Waals surface area contributed by atoms with Gasteiger partial charge in [-0.25, -0.2) is 4.98 Å². The Labute approximate surface area is 146 Å². The van der Waals surface area contributed by atoms with Crippen molar-refractivity contribution in [2.24, 2.45) is 5.41 Å². The lowest BCUT2D eigenvalue weighted by molar-refractivity contribution is -0.136. The molecule has 1 fully saturated rings. The summed E-state index contributed by atoms with van der Waals surface area (Å²) in [7, 11) is 1.86. The summed E-state index contributed by atoms with van der Waals surface area (Å²) in [5.41, 5.74) is 0.471. The van der Waals surface area contributed by atoms with E-state index < -0.39 is 0 Å². The Bertz CT molecular complexity index is 721. The topological polar surface area (TPSA) is 55.6 Å². The molecular weight excluding hydrogens is 324 g/mol. The molecule has 0 aliphatic heterocycles. The van der Waals surface area contributed by atoms with Gasteiger partial charge in [0, 0.05) is 30.0 Å². The number of amides is 1. The Balaban J connectivity index is 1.78. The van der Waals surface area contributed by atoms with Crippen LogP contribution in [-0.2, 0) is 4.74 Å². The second-order valence-electron chi connectivity index (χ2n) is 6.83. The van der Waals surface area contributed by atoms with E-state index in [0.29, 0.717) is 18.1 Å². The van der Waals surface area contributed by atoms with Gasteiger partial charge in [0.25, 0.3) is 5.91 Å². The first-order valence-electron chi connectivity index (χ1n) is 8.26. The van der Waals surface area contributed by atoms with Crippen LogP contribution in [0, 0.1) is 12.3 Å². The van der Waals surface area contributed by atoms with Crippen molar-refractivity contribution >= 4 is 17.2 Å². The summed E-state index contributed by atoms with van der Waals surface area (Å²) >= 11 is 1.49. The Kier molecular flexibility index (Phi) is 4.53. The number of rotatable bonds is 5. The molecule has 0 saturated heterocycles. The first-order valence-corrected chi connectivity index (χ1v) is 9.08. The second kappa shape index (κ2) is 6.33. The largest absolute Gasteiger partial charge is 0.462 e. The molecular formula is C18H24N2O3S. The van der Waals surface area contributed by atoms with Gasteiger partial charge < -0.3 is 14.1 Å². The van der Waals surface area contributed by atoms with Crippen LogP contribution in [-0.4, -0.2) is 41.6 Å². The van der Waals surface area contributed by atoms with Crippen LogP contribution in [0.2, 0.25) is 0 Å². The summed E-state index contributed by atoms with van der Waals surface area (Å²) in [6, 6.07) is 3.84. The van der Waals surface area contributed by atoms with Gasteiger partial charge in [-0.3, -0.25) is 4.79 Å². The molecule has 2 aromatic rings. The van der Waals surface area contributed by atoms with Crippen LogP contribution in [0.1, 0.15) is 42.6 Å². The van der Waals surface area contributed by atoms with Gasteiger partial charge >= 0.3 is 0 Å². The van der Waals surface area contributed by atoms with Crippen LogP contribution in [0.4, 0.5) is 0 Å². The number of hydrogen-bond acceptors (Lipinski definition) is 5. The van der Waals surface area contributed by atoms with Crippen molar-refractivity contribution in [3.8, 4) is 10.8 Å². The number of carbonyl (C=O) groups is 1. The molecule has 0 bridgehead atoms. The van der Waals surface area contributed by atoms with Gasteiger partial charge in [0.2, 0.25) is 0 Å². The van der Waals surface area contributed by atoms with E-state index in [1.54, 1.807) is 6.26 Å². The SMILES string of the molecule is CCO[C@H]1C[C@@H](N(C)C(=O)c2nc(-c3ccco3)sc2C)C1(C)C. The number of aryl methyl sites for hydroxylation is 1. The summed E-state index contributed by atoms with van der Waals surface area (Å²) in [6.45, 7) is 8.96. The molecule has 0 unspecified atom stereocenters. The average Bonchev–Trinajstić information content (AvgIpc) is 3.19. The van der Waals surface area contributed by atoms with Gasteiger partial charge in [-0.2, -0.15) is 0 Å². The van der Waals surface area contributed by atoms with Crippen LogP contribution in [0.15, 0.2) is 22.8 Å². The highest BCUT2D eigenvalue weighted by Crippen LogP contribution is 2.46. The molecule has 2 aromatic heterocycles. The molecule has 1 aliphatic carbocycles. The van der Waals surface area contributed by atoms with Gasteiger partial charge in [0.05, 0.1) is 12.4 Å². The fraction of sp³-hybridized carbons (Fsp3) is 0.556. The number of nitrogens with zero attached hydrogens (tertiary/aromatic N) is 2. The minimum absolute atomic E-state index is 0.0328. The molecule has 1 amide bonds. The van der Waals surface area contributed by atoms with Gasteiger partial charge in [-0.05, 0) is 32.4 Å². The fourth-order valence-electron chi connectivity index (χ4n) is 3.41. The van der Waals surface area contributed by atoms with Crippen LogP contribution in [0.3, 0.4) is 0 Å². The van der Waals surface area contributed by atoms with E-state index in [1.807, 2.05) is 37.9 Å². The molecule has 1 aliphatic rings. The van der Waals surface area contributed by atoms with E-state index in [2.05, 4.69) is 18.8 Å². The Morgan fingerprint density at radius 2 is 2.29 bits per heavy atom. The number of aromatic nitrogens is 1. The van der Waals surface area contributed by atoms with E-state index in [-0.39, 0.29) is 23.5 Å². The maximum Gasteiger partial charge on any atom is 0.273 e. The minimum atomic E-state index is -0.0474. The average molecular weight is 348 g/mol. The lowest BCUT2D eigenvalue weighted by Crippen LogP contribution is -2.62. The number of furan rings is 1. The minimum Gasteiger partial charge on any atom is -0.462 e. The first-order chi connectivity index (χ1) is 11.4. The molecule has 2 heterocycles. The Morgan fingerprint density at radius 1 is 1.54 bits per heavy atom. The van der Waals surface area contributed by atoms with Crippen LogP contribution < -0.4 is 0 Å². The van der Waals surface area contributed by atoms with Crippen molar-refractivity contribution in [3.05, 3.63) is 29.0 Å². The highest BCUT2D eigenvalue weighted by Gasteiger charge is 2.52. The van der Waals surface area contributed by atoms with Crippen LogP contribution in [0.5, 0.6) is 0 Å². The van der Waals surface area contributed by atoms with Crippen molar-refractivity contribution < 1.29 is 13.9 Å². The fourth-order valence-corrected chi connectivity index (χ4v) is 4.29. The third-order valence-corrected chi connectivity index (χ3v) is 6.00. The zero-order valence-corrected chi connectivity index (χ0v) is 15.6. The van der Waals surface area contributed by atoms with Crippen molar-refractivity contribution in [1.29, 1.82) is 0 Å². The van der Waals surface area contributed by atoms with E-state index in [0.717, 1.165) is 16.3 Å². The molecule has 24 heavy (non-hydrogen) atoms. The summed E-state index contributed by atoms with van der Waals surface area (Å²) in [5.74, 6) is 0.666. The van der Waals surface area contributed by atoms with E-state index in [9.17, 15) is 4.79 Å². The third-order valence-electron chi connectivity index (χ3n) is 5.01. The molecule has 0 N–H and O–H groups in total. The molecule has 3 rings (SSSR count). The second-order valence-corrected chi connectivity index (χ2v) is 8.04. The first kappa shape index (κ1) is 17.2. The van der Waals surface area contributed by atoms with Crippen LogP contribution >= 0.6 is 11.3 Å². The molecule has 0 radical (unpaired) electrons. The highest BCUT2D eigenvalue weighted by molar-refractivity contribution is 7.15. The lowest BCUT2D eigenvalue weighted by Gasteiger charge is -2.54. The van der Waals surface area contributed by atoms with Crippen molar-refractivity contribution in [2.75, 3.05) is 13.7 Å². The summed E-state index contributed by atoms with van der Waals surface area (Å²) in [6.07, 6.45) is 2.69. The number of ether oxygens (including phenoxy) is 1. The zero-order chi connectivity index (χ0) is 17.5. The molecule has 5 nitrogen and oxygen atoms in total. The van der Waals surface area contributed by atoms with E-state index in [1.165, 1.54) is 11.3 Å². The van der Waals surface area contributed by atoms with Crippen molar-refractivity contribution in [1.82, 2.24) is 9.88 Å². The predicted octanol–water partition coefficient (Wildman–Crippen LogP) is 3.99. The van der Waals surface area contributed by atoms with Gasteiger partial charge in [-0.15, -0.1) is 11.3 Å². The molecule has 0 spiro atoms. The highest BCUT2D eigenvalue weighted by atomic mass is 32.1. The summed E-state index contributed by atoms with van der Waals surface area (Å²) in [5, 5.41) is 0.745. The Hall–Kier alpha value is -1.66. The van der Waals surface area contributed by atoms with Gasteiger partial charge in [0.15, 0.2) is 10.8 Å². The molecule has 2 atom stereocenters. The number of carbonyl (C=O) groups excluding carboxylic acids is 1. The molecule has 6 heteroatoms. The lowest BCUT2D eigenvalue weighted by atomic mass is 9.63.